The maximum Gasteiger partial charge on any atom is 0.331 e. The Kier molecular flexibility index (Phi) is 6.69. The van der Waals surface area contributed by atoms with E-state index < -0.39 is 5.97 Å². The van der Waals surface area contributed by atoms with Crippen molar-refractivity contribution in [2.24, 2.45) is 0 Å². The molecule has 132 valence electrons. The van der Waals surface area contributed by atoms with Gasteiger partial charge in [-0.05, 0) is 55.8 Å². The Morgan fingerprint density at radius 3 is 2.50 bits per heavy atom. The van der Waals surface area contributed by atoms with Crippen molar-refractivity contribution in [1.29, 1.82) is 5.26 Å². The number of ether oxygens (including phenoxy) is 2. The first kappa shape index (κ1) is 18.9. The van der Waals surface area contributed by atoms with E-state index in [0.717, 1.165) is 5.56 Å². The molecule has 0 bridgehead atoms. The molecule has 0 atom stereocenters. The lowest BCUT2D eigenvalue weighted by molar-refractivity contribution is -0.138. The molecule has 26 heavy (non-hydrogen) atoms. The average Bonchev–Trinajstić information content (AvgIpc) is 2.66. The first-order chi connectivity index (χ1) is 12.5. The van der Waals surface area contributed by atoms with E-state index >= 15 is 0 Å². The van der Waals surface area contributed by atoms with E-state index in [0.29, 0.717) is 29.0 Å². The molecule has 0 N–H and O–H groups in total. The highest BCUT2D eigenvalue weighted by atomic mass is 16.5. The minimum atomic E-state index is -0.509. The summed E-state index contributed by atoms with van der Waals surface area (Å²) in [7, 11) is 0. The number of benzene rings is 2. The lowest BCUT2D eigenvalue weighted by Crippen LogP contribution is -2.05. The number of esters is 1. The Labute approximate surface area is 152 Å². The third-order valence-electron chi connectivity index (χ3n) is 3.59. The number of carbonyl (C=O) groups is 2. The molecule has 0 amide bonds. The highest BCUT2D eigenvalue weighted by Crippen LogP contribution is 2.22. The molecule has 0 spiro atoms. The molecule has 0 unspecified atom stereocenters. The Hall–Kier alpha value is -3.39. The number of nitriles is 1. The molecule has 5 heteroatoms. The Balaban J connectivity index is 2.03. The van der Waals surface area contributed by atoms with Crippen LogP contribution in [0.4, 0.5) is 0 Å². The zero-order valence-corrected chi connectivity index (χ0v) is 14.7. The van der Waals surface area contributed by atoms with Crippen molar-refractivity contribution in [3.8, 4) is 11.8 Å². The van der Waals surface area contributed by atoms with Crippen LogP contribution in [0.5, 0.6) is 5.75 Å². The van der Waals surface area contributed by atoms with Gasteiger partial charge in [-0.1, -0.05) is 12.1 Å². The summed E-state index contributed by atoms with van der Waals surface area (Å²) in [5, 5.41) is 8.77. The first-order valence-electron chi connectivity index (χ1n) is 8.15. The number of nitrogens with zero attached hydrogens (tertiary/aromatic N) is 1. The number of hydrogen-bond donors (Lipinski definition) is 0. The van der Waals surface area contributed by atoms with Crippen molar-refractivity contribution < 1.29 is 19.1 Å². The largest absolute Gasteiger partial charge is 0.493 e. The van der Waals surface area contributed by atoms with E-state index in [9.17, 15) is 9.59 Å². The van der Waals surface area contributed by atoms with Gasteiger partial charge >= 0.3 is 5.97 Å². The molecule has 5 nitrogen and oxygen atoms in total. The topological polar surface area (TPSA) is 76.4 Å². The molecule has 0 fully saturated rings. The fourth-order valence-corrected chi connectivity index (χ4v) is 2.24. The van der Waals surface area contributed by atoms with Crippen molar-refractivity contribution >= 4 is 17.8 Å². The average molecular weight is 349 g/mol. The van der Waals surface area contributed by atoms with Crippen LogP contribution in [0.25, 0.3) is 6.08 Å². The van der Waals surface area contributed by atoms with Gasteiger partial charge in [0.25, 0.3) is 0 Å². The van der Waals surface area contributed by atoms with Crippen molar-refractivity contribution in [3.05, 3.63) is 70.8 Å². The number of ketones is 1. The molecule has 0 aliphatic heterocycles. The van der Waals surface area contributed by atoms with E-state index in [4.69, 9.17) is 14.7 Å². The summed E-state index contributed by atoms with van der Waals surface area (Å²) in [4.78, 5) is 23.5. The van der Waals surface area contributed by atoms with Crippen LogP contribution in [0.15, 0.2) is 48.5 Å². The number of carbonyl (C=O) groups excluding carboxylic acids is 2. The number of rotatable bonds is 7. The van der Waals surface area contributed by atoms with Gasteiger partial charge < -0.3 is 9.47 Å². The maximum atomic E-state index is 11.9. The fourth-order valence-electron chi connectivity index (χ4n) is 2.24. The standard InChI is InChI=1S/C21H19NO4/c1-3-25-20-10-9-18(15(2)23)12-19(20)14-26-21(24)11-8-16-4-6-17(13-22)7-5-16/h4-12H,3,14H2,1-2H3/b11-8+. The summed E-state index contributed by atoms with van der Waals surface area (Å²) in [5.74, 6) is 0.00717. The molecule has 0 saturated heterocycles. The molecule has 0 saturated carbocycles. The van der Waals surface area contributed by atoms with Crippen LogP contribution >= 0.6 is 0 Å². The molecule has 0 aliphatic rings. The lowest BCUT2D eigenvalue weighted by atomic mass is 10.1. The molecule has 0 aliphatic carbocycles. The van der Waals surface area contributed by atoms with E-state index in [1.54, 1.807) is 48.5 Å². The quantitative estimate of drug-likeness (QED) is 0.430. The van der Waals surface area contributed by atoms with Crippen LogP contribution < -0.4 is 4.74 Å². The maximum absolute atomic E-state index is 11.9. The summed E-state index contributed by atoms with van der Waals surface area (Å²) in [6, 6.07) is 13.9. The molecule has 2 aromatic carbocycles. The van der Waals surface area contributed by atoms with Crippen LogP contribution in [0.2, 0.25) is 0 Å². The van der Waals surface area contributed by atoms with E-state index in [-0.39, 0.29) is 12.4 Å². The summed E-state index contributed by atoms with van der Waals surface area (Å²) < 4.78 is 10.8. The summed E-state index contributed by atoms with van der Waals surface area (Å²) >= 11 is 0. The zero-order chi connectivity index (χ0) is 18.9. The van der Waals surface area contributed by atoms with Gasteiger partial charge in [0.15, 0.2) is 5.78 Å². The molecule has 0 heterocycles. The van der Waals surface area contributed by atoms with E-state index in [1.807, 2.05) is 13.0 Å². The second kappa shape index (κ2) is 9.19. The summed E-state index contributed by atoms with van der Waals surface area (Å²) in [6.45, 7) is 3.81. The van der Waals surface area contributed by atoms with Gasteiger partial charge in [0, 0.05) is 17.2 Å². The predicted molar refractivity (Wildman–Crippen MR) is 97.6 cm³/mol. The molecule has 0 radical (unpaired) electrons. The van der Waals surface area contributed by atoms with Crippen molar-refractivity contribution in [3.63, 3.8) is 0 Å². The van der Waals surface area contributed by atoms with Crippen molar-refractivity contribution in [1.82, 2.24) is 0 Å². The van der Waals surface area contributed by atoms with Crippen molar-refractivity contribution in [2.45, 2.75) is 20.5 Å². The monoisotopic (exact) mass is 349 g/mol. The highest BCUT2D eigenvalue weighted by molar-refractivity contribution is 5.94. The van der Waals surface area contributed by atoms with Gasteiger partial charge in [0.1, 0.15) is 12.4 Å². The van der Waals surface area contributed by atoms with E-state index in [2.05, 4.69) is 0 Å². The SMILES string of the molecule is CCOc1ccc(C(C)=O)cc1COC(=O)/C=C/c1ccc(C#N)cc1. The Bertz CT molecular complexity index is 861. The fraction of sp³-hybridized carbons (Fsp3) is 0.190. The summed E-state index contributed by atoms with van der Waals surface area (Å²) in [5.41, 5.74) is 2.51. The van der Waals surface area contributed by atoms with Gasteiger partial charge in [-0.2, -0.15) is 5.26 Å². The molecular formula is C21H19NO4. The summed E-state index contributed by atoms with van der Waals surface area (Å²) in [6.07, 6.45) is 2.93. The zero-order valence-electron chi connectivity index (χ0n) is 14.7. The van der Waals surface area contributed by atoms with Gasteiger partial charge in [0.2, 0.25) is 0 Å². The van der Waals surface area contributed by atoms with E-state index in [1.165, 1.54) is 13.0 Å². The second-order valence-electron chi connectivity index (χ2n) is 5.49. The third-order valence-corrected chi connectivity index (χ3v) is 3.59. The molecule has 2 rings (SSSR count). The smallest absolute Gasteiger partial charge is 0.331 e. The van der Waals surface area contributed by atoms with Crippen LogP contribution in [-0.4, -0.2) is 18.4 Å². The molecule has 0 aromatic heterocycles. The Morgan fingerprint density at radius 1 is 1.15 bits per heavy atom. The highest BCUT2D eigenvalue weighted by Gasteiger charge is 2.09. The van der Waals surface area contributed by atoms with Crippen LogP contribution in [0, 0.1) is 11.3 Å². The van der Waals surface area contributed by atoms with Crippen LogP contribution in [0.1, 0.15) is 40.9 Å². The molecular weight excluding hydrogens is 330 g/mol. The minimum absolute atomic E-state index is 0.00694. The first-order valence-corrected chi connectivity index (χ1v) is 8.15. The van der Waals surface area contributed by atoms with Crippen molar-refractivity contribution in [2.75, 3.05) is 6.61 Å². The third kappa shape index (κ3) is 5.32. The number of hydrogen-bond acceptors (Lipinski definition) is 5. The van der Waals surface area contributed by atoms with Crippen LogP contribution in [0.3, 0.4) is 0 Å². The minimum Gasteiger partial charge on any atom is -0.493 e. The second-order valence-corrected chi connectivity index (χ2v) is 5.49. The molecule has 2 aromatic rings. The van der Waals surface area contributed by atoms with Gasteiger partial charge in [-0.25, -0.2) is 4.79 Å². The lowest BCUT2D eigenvalue weighted by Gasteiger charge is -2.11. The Morgan fingerprint density at radius 2 is 1.88 bits per heavy atom. The van der Waals surface area contributed by atoms with Gasteiger partial charge in [-0.15, -0.1) is 0 Å². The normalized spacial score (nSPS) is 10.3. The predicted octanol–water partition coefficient (Wildman–Crippen LogP) is 3.92. The van der Waals surface area contributed by atoms with Crippen LogP contribution in [-0.2, 0) is 16.1 Å². The van der Waals surface area contributed by atoms with Gasteiger partial charge in [0.05, 0.1) is 18.2 Å². The number of Topliss-reactive ketones (excluding diaryl/α,β-unsaturated/α-hetero) is 1. The van der Waals surface area contributed by atoms with Gasteiger partial charge in [-0.3, -0.25) is 4.79 Å².